The molecule has 1 fully saturated rings. The van der Waals surface area contributed by atoms with Crippen LogP contribution in [0.25, 0.3) is 0 Å². The quantitative estimate of drug-likeness (QED) is 0.575. The third kappa shape index (κ3) is 5.64. The van der Waals surface area contributed by atoms with E-state index in [0.29, 0.717) is 18.9 Å². The van der Waals surface area contributed by atoms with E-state index in [0.717, 1.165) is 36.1 Å². The Hall–Kier alpha value is -3.63. The van der Waals surface area contributed by atoms with Gasteiger partial charge in [-0.05, 0) is 49.4 Å². The molecule has 1 N–H and O–H groups in total. The fourth-order valence-electron chi connectivity index (χ4n) is 4.08. The zero-order valence-corrected chi connectivity index (χ0v) is 20.0. The third-order valence-electron chi connectivity index (χ3n) is 5.84. The fraction of sp³-hybridized carbons (Fsp3) is 0.308. The van der Waals surface area contributed by atoms with Crippen LogP contribution >= 0.6 is 11.6 Å². The number of nitrogens with zero attached hydrogens (tertiary/aromatic N) is 4. The third-order valence-corrected chi connectivity index (χ3v) is 6.12. The molecule has 0 saturated carbocycles. The number of anilines is 1. The number of nitrogens with one attached hydrogen (secondary N) is 1. The minimum Gasteiger partial charge on any atom is -0.343 e. The molecule has 4 rings (SSSR count). The lowest BCUT2D eigenvalue weighted by Crippen LogP contribution is -2.40. The standard InChI is InChI=1S/C26H26ClN5O2/c1-18-13-21(11-10-20-7-4-3-5-8-20)14-28-25(18)30-26(34)24-23(27)15-29-32(24)17-22-9-6-12-31(16-22)19(2)33/h3-5,7-8,13-15,22H,6,9,12,16-17H2,1-2H3,(H,28,30,34). The Labute approximate surface area is 204 Å². The first-order chi connectivity index (χ1) is 16.4. The number of carbonyl (C=O) groups is 2. The van der Waals surface area contributed by atoms with Crippen LogP contribution in [0.3, 0.4) is 0 Å². The first-order valence-corrected chi connectivity index (χ1v) is 11.6. The second-order valence-electron chi connectivity index (χ2n) is 8.46. The Morgan fingerprint density at radius 3 is 2.68 bits per heavy atom. The van der Waals surface area contributed by atoms with E-state index in [1.54, 1.807) is 17.8 Å². The molecule has 8 heteroatoms. The van der Waals surface area contributed by atoms with Crippen LogP contribution in [-0.4, -0.2) is 44.6 Å². The first kappa shape index (κ1) is 23.5. The SMILES string of the molecule is CC(=O)N1CCCC(Cn2ncc(Cl)c2C(=O)Nc2ncc(C#Cc3ccccc3)cc2C)C1. The highest BCUT2D eigenvalue weighted by atomic mass is 35.5. The Bertz CT molecular complexity index is 1260. The van der Waals surface area contributed by atoms with E-state index in [1.807, 2.05) is 48.2 Å². The number of hydrogen-bond donors (Lipinski definition) is 1. The number of amides is 2. The number of aromatic nitrogens is 3. The lowest BCUT2D eigenvalue weighted by molar-refractivity contribution is -0.130. The van der Waals surface area contributed by atoms with Crippen molar-refractivity contribution < 1.29 is 9.59 Å². The van der Waals surface area contributed by atoms with Gasteiger partial charge in [0.2, 0.25) is 5.91 Å². The van der Waals surface area contributed by atoms with Crippen LogP contribution in [0.15, 0.2) is 48.8 Å². The highest BCUT2D eigenvalue weighted by Gasteiger charge is 2.25. The minimum absolute atomic E-state index is 0.0691. The Morgan fingerprint density at radius 1 is 1.18 bits per heavy atom. The molecule has 2 amide bonds. The fourth-order valence-corrected chi connectivity index (χ4v) is 4.30. The van der Waals surface area contributed by atoms with E-state index >= 15 is 0 Å². The van der Waals surface area contributed by atoms with Crippen molar-refractivity contribution in [1.82, 2.24) is 19.7 Å². The van der Waals surface area contributed by atoms with Crippen LogP contribution in [0, 0.1) is 24.7 Å². The maximum absolute atomic E-state index is 13.1. The second kappa shape index (κ2) is 10.5. The van der Waals surface area contributed by atoms with E-state index in [4.69, 9.17) is 11.6 Å². The van der Waals surface area contributed by atoms with Gasteiger partial charge in [-0.1, -0.05) is 41.6 Å². The van der Waals surface area contributed by atoms with Crippen molar-refractivity contribution >= 4 is 29.2 Å². The Morgan fingerprint density at radius 2 is 1.94 bits per heavy atom. The average molecular weight is 476 g/mol. The predicted molar refractivity (Wildman–Crippen MR) is 132 cm³/mol. The minimum atomic E-state index is -0.375. The normalized spacial score (nSPS) is 15.4. The van der Waals surface area contributed by atoms with E-state index in [1.165, 1.54) is 6.20 Å². The highest BCUT2D eigenvalue weighted by Crippen LogP contribution is 2.23. The van der Waals surface area contributed by atoms with Crippen LogP contribution in [0.4, 0.5) is 5.82 Å². The van der Waals surface area contributed by atoms with Crippen molar-refractivity contribution in [2.75, 3.05) is 18.4 Å². The maximum atomic E-state index is 13.1. The number of carbonyl (C=O) groups excluding carboxylic acids is 2. The van der Waals surface area contributed by atoms with Gasteiger partial charge in [-0.3, -0.25) is 14.3 Å². The van der Waals surface area contributed by atoms with Gasteiger partial charge in [0.15, 0.2) is 0 Å². The molecule has 0 radical (unpaired) electrons. The van der Waals surface area contributed by atoms with E-state index in [9.17, 15) is 9.59 Å². The van der Waals surface area contributed by atoms with Gasteiger partial charge in [0.1, 0.15) is 11.5 Å². The van der Waals surface area contributed by atoms with Crippen molar-refractivity contribution in [3.8, 4) is 11.8 Å². The number of benzene rings is 1. The molecule has 2 aromatic heterocycles. The zero-order chi connectivity index (χ0) is 24.1. The van der Waals surface area contributed by atoms with E-state index in [-0.39, 0.29) is 28.4 Å². The zero-order valence-electron chi connectivity index (χ0n) is 19.2. The number of aryl methyl sites for hydroxylation is 1. The summed E-state index contributed by atoms with van der Waals surface area (Å²) < 4.78 is 1.63. The van der Waals surface area contributed by atoms with Gasteiger partial charge < -0.3 is 10.2 Å². The molecule has 1 saturated heterocycles. The van der Waals surface area contributed by atoms with E-state index in [2.05, 4.69) is 27.2 Å². The highest BCUT2D eigenvalue weighted by molar-refractivity contribution is 6.34. The second-order valence-corrected chi connectivity index (χ2v) is 8.86. The number of rotatable bonds is 4. The molecule has 3 heterocycles. The van der Waals surface area contributed by atoms with Gasteiger partial charge in [0.05, 0.1) is 11.2 Å². The molecular formula is C26H26ClN5O2. The summed E-state index contributed by atoms with van der Waals surface area (Å²) in [5.74, 6) is 6.55. The molecule has 0 bridgehead atoms. The monoisotopic (exact) mass is 475 g/mol. The topological polar surface area (TPSA) is 80.1 Å². The largest absolute Gasteiger partial charge is 0.343 e. The van der Waals surface area contributed by atoms with Crippen molar-refractivity contribution in [2.24, 2.45) is 5.92 Å². The van der Waals surface area contributed by atoms with Gasteiger partial charge in [-0.25, -0.2) is 4.98 Å². The number of piperidine rings is 1. The summed E-state index contributed by atoms with van der Waals surface area (Å²) in [6, 6.07) is 11.6. The van der Waals surface area contributed by atoms with Crippen LogP contribution in [0.5, 0.6) is 0 Å². The number of hydrogen-bond acceptors (Lipinski definition) is 4. The average Bonchev–Trinajstić information content (AvgIpc) is 3.20. The summed E-state index contributed by atoms with van der Waals surface area (Å²) in [5.41, 5.74) is 2.76. The summed E-state index contributed by atoms with van der Waals surface area (Å²) >= 11 is 6.32. The lowest BCUT2D eigenvalue weighted by atomic mass is 9.98. The summed E-state index contributed by atoms with van der Waals surface area (Å²) in [6.07, 6.45) is 5.01. The van der Waals surface area contributed by atoms with Gasteiger partial charge in [-0.15, -0.1) is 0 Å². The Balaban J connectivity index is 1.46. The lowest BCUT2D eigenvalue weighted by Gasteiger charge is -2.32. The molecule has 0 aliphatic carbocycles. The molecule has 3 aromatic rings. The molecule has 34 heavy (non-hydrogen) atoms. The Kier molecular flexibility index (Phi) is 7.29. The van der Waals surface area contributed by atoms with Gasteiger partial charge in [0, 0.05) is 43.9 Å². The molecule has 174 valence electrons. The van der Waals surface area contributed by atoms with Crippen molar-refractivity contribution in [3.63, 3.8) is 0 Å². The molecule has 1 unspecified atom stereocenters. The molecule has 7 nitrogen and oxygen atoms in total. The van der Waals surface area contributed by atoms with Crippen molar-refractivity contribution in [2.45, 2.75) is 33.2 Å². The van der Waals surface area contributed by atoms with Crippen molar-refractivity contribution in [1.29, 1.82) is 0 Å². The van der Waals surface area contributed by atoms with Crippen LogP contribution < -0.4 is 5.32 Å². The molecule has 1 aromatic carbocycles. The molecular weight excluding hydrogens is 450 g/mol. The van der Waals surface area contributed by atoms with Gasteiger partial charge in [-0.2, -0.15) is 5.10 Å². The summed E-state index contributed by atoms with van der Waals surface area (Å²) in [4.78, 5) is 31.1. The maximum Gasteiger partial charge on any atom is 0.276 e. The van der Waals surface area contributed by atoms with Gasteiger partial charge in [0.25, 0.3) is 5.91 Å². The summed E-state index contributed by atoms with van der Waals surface area (Å²) in [7, 11) is 0. The van der Waals surface area contributed by atoms with E-state index < -0.39 is 0 Å². The van der Waals surface area contributed by atoms with Crippen LogP contribution in [-0.2, 0) is 11.3 Å². The molecule has 1 aliphatic heterocycles. The predicted octanol–water partition coefficient (Wildman–Crippen LogP) is 4.15. The smallest absolute Gasteiger partial charge is 0.276 e. The molecule has 1 aliphatic rings. The van der Waals surface area contributed by atoms with Gasteiger partial charge >= 0.3 is 0 Å². The first-order valence-electron chi connectivity index (χ1n) is 11.2. The van der Waals surface area contributed by atoms with Crippen molar-refractivity contribution in [3.05, 3.63) is 76.2 Å². The van der Waals surface area contributed by atoms with Crippen LogP contribution in [0.1, 0.15) is 46.9 Å². The number of halogens is 1. The number of pyridine rings is 1. The van der Waals surface area contributed by atoms with Crippen LogP contribution in [0.2, 0.25) is 5.02 Å². The summed E-state index contributed by atoms with van der Waals surface area (Å²) in [6.45, 7) is 5.39. The molecule has 1 atom stereocenters. The molecule has 0 spiro atoms. The number of likely N-dealkylation sites (tertiary alicyclic amines) is 1. The summed E-state index contributed by atoms with van der Waals surface area (Å²) in [5, 5.41) is 7.44.